The molecule has 4 unspecified atom stereocenters. The summed E-state index contributed by atoms with van der Waals surface area (Å²) in [6.45, 7) is 8.99. The minimum Gasteiger partial charge on any atom is -0.353 e. The molecule has 50 heavy (non-hydrogen) atoms. The fourth-order valence-corrected chi connectivity index (χ4v) is 9.25. The van der Waals surface area contributed by atoms with Gasteiger partial charge in [-0.1, -0.05) is 30.3 Å². The molecule has 11 heteroatoms. The van der Waals surface area contributed by atoms with Crippen LogP contribution >= 0.6 is 0 Å². The fourth-order valence-electron chi connectivity index (χ4n) is 9.25. The first-order chi connectivity index (χ1) is 23.8. The lowest BCUT2D eigenvalue weighted by Gasteiger charge is -2.50. The van der Waals surface area contributed by atoms with Crippen molar-refractivity contribution in [1.29, 1.82) is 10.8 Å². The molecule has 1 aromatic carbocycles. The number of carbonyl (C=O) groups excluding carboxylic acids is 2. The number of hydrogen-bond donors (Lipinski definition) is 5. The average molecular weight is 698 g/mol. The molecule has 5 N–H and O–H groups in total. The Morgan fingerprint density at radius 2 is 1.70 bits per heavy atom. The van der Waals surface area contributed by atoms with Crippen LogP contribution in [0.1, 0.15) is 129 Å². The van der Waals surface area contributed by atoms with Gasteiger partial charge < -0.3 is 20.9 Å². The molecule has 1 spiro atoms. The van der Waals surface area contributed by atoms with Crippen LogP contribution in [0, 0.1) is 22.2 Å². The van der Waals surface area contributed by atoms with Gasteiger partial charge in [0.25, 0.3) is 0 Å². The zero-order chi connectivity index (χ0) is 35.9. The van der Waals surface area contributed by atoms with Crippen LogP contribution in [0.3, 0.4) is 0 Å². The van der Waals surface area contributed by atoms with Gasteiger partial charge in [0.05, 0.1) is 11.9 Å². The largest absolute Gasteiger partial charge is 0.353 e. The van der Waals surface area contributed by atoms with Crippen molar-refractivity contribution >= 4 is 23.5 Å². The Morgan fingerprint density at radius 3 is 2.36 bits per heavy atom. The second-order valence-electron chi connectivity index (χ2n) is 16.0. The van der Waals surface area contributed by atoms with E-state index < -0.39 is 5.92 Å². The SMILES string of the molecule is CC(=N)N(C(=N)CCCC(=O)NC1CC2(CCNCC2)C1)C(C)CC1CCC(C)N1CCC(NC(=O)C1CCC(F)(F)CC1)c1ccccc1. The summed E-state index contributed by atoms with van der Waals surface area (Å²) in [7, 11) is 0. The minimum atomic E-state index is -2.67. The summed E-state index contributed by atoms with van der Waals surface area (Å²) in [6, 6.07) is 10.6. The summed E-state index contributed by atoms with van der Waals surface area (Å²) in [5.74, 6) is -2.37. The maximum atomic E-state index is 13.8. The number of nitrogens with one attached hydrogen (secondary N) is 5. The van der Waals surface area contributed by atoms with E-state index in [1.165, 1.54) is 12.8 Å². The molecule has 2 saturated carbocycles. The number of halogens is 2. The number of hydrogen-bond acceptors (Lipinski definition) is 6. The fraction of sp³-hybridized carbons (Fsp3) is 0.744. The van der Waals surface area contributed by atoms with Crippen LogP contribution < -0.4 is 16.0 Å². The quantitative estimate of drug-likeness (QED) is 0.108. The smallest absolute Gasteiger partial charge is 0.248 e. The molecule has 5 rings (SSSR count). The third-order valence-corrected chi connectivity index (χ3v) is 12.1. The second kappa shape index (κ2) is 17.1. The maximum Gasteiger partial charge on any atom is 0.248 e. The van der Waals surface area contributed by atoms with E-state index >= 15 is 0 Å². The monoisotopic (exact) mass is 697 g/mol. The van der Waals surface area contributed by atoms with Crippen LogP contribution in [0.25, 0.3) is 0 Å². The standard InChI is InChI=1S/C39H61F2N7O2/c1-27-12-13-33(47(27)23-16-34(30-8-5-4-6-9-30)46-37(50)31-14-17-39(40,41)18-15-31)24-28(2)48(29(3)42)35(43)10-7-11-36(49)45-32-25-38(26-32)19-21-44-22-20-38/h4-6,8-9,27-28,31-34,42-44H,7,10-26H2,1-3H3,(H,45,49)(H,46,50). The van der Waals surface area contributed by atoms with Crippen molar-refractivity contribution in [3.8, 4) is 0 Å². The Labute approximate surface area is 298 Å². The molecule has 4 atom stereocenters. The van der Waals surface area contributed by atoms with Crippen molar-refractivity contribution in [2.45, 2.75) is 153 Å². The molecular formula is C39H61F2N7O2. The lowest BCUT2D eigenvalue weighted by Crippen LogP contribution is -2.54. The predicted octanol–water partition coefficient (Wildman–Crippen LogP) is 6.79. The molecule has 4 aliphatic rings. The second-order valence-corrected chi connectivity index (χ2v) is 16.0. The van der Waals surface area contributed by atoms with E-state index in [0.717, 1.165) is 57.3 Å². The first-order valence-corrected chi connectivity index (χ1v) is 19.3. The van der Waals surface area contributed by atoms with Crippen LogP contribution in [0.2, 0.25) is 0 Å². The molecule has 2 aliphatic heterocycles. The summed E-state index contributed by atoms with van der Waals surface area (Å²) in [5, 5.41) is 27.3. The number of likely N-dealkylation sites (tertiary alicyclic amines) is 1. The molecule has 0 bridgehead atoms. The summed E-state index contributed by atoms with van der Waals surface area (Å²) in [6.07, 6.45) is 9.57. The van der Waals surface area contributed by atoms with Gasteiger partial charge in [-0.15, -0.1) is 0 Å². The van der Waals surface area contributed by atoms with Crippen LogP contribution in [0.4, 0.5) is 8.78 Å². The van der Waals surface area contributed by atoms with Gasteiger partial charge >= 0.3 is 0 Å². The highest BCUT2D eigenvalue weighted by Crippen LogP contribution is 2.47. The Hall–Kier alpha value is -2.92. The van der Waals surface area contributed by atoms with Gasteiger partial charge in [-0.05, 0) is 115 Å². The highest BCUT2D eigenvalue weighted by Gasteiger charge is 2.45. The van der Waals surface area contributed by atoms with Gasteiger partial charge in [0.2, 0.25) is 17.7 Å². The van der Waals surface area contributed by atoms with Gasteiger partial charge in [-0.3, -0.25) is 25.3 Å². The van der Waals surface area contributed by atoms with Crippen molar-refractivity contribution in [2.24, 2.45) is 11.3 Å². The van der Waals surface area contributed by atoms with Gasteiger partial charge in [0.15, 0.2) is 0 Å². The zero-order valence-corrected chi connectivity index (χ0v) is 30.5. The highest BCUT2D eigenvalue weighted by molar-refractivity contribution is 5.97. The van der Waals surface area contributed by atoms with Crippen molar-refractivity contribution in [3.05, 3.63) is 35.9 Å². The Kier molecular flexibility index (Phi) is 13.1. The zero-order valence-electron chi connectivity index (χ0n) is 30.5. The maximum absolute atomic E-state index is 13.8. The van der Waals surface area contributed by atoms with Gasteiger partial charge in [0.1, 0.15) is 5.84 Å². The first kappa shape index (κ1) is 38.3. The lowest BCUT2D eigenvalue weighted by atomic mass is 9.60. The van der Waals surface area contributed by atoms with Crippen LogP contribution in [0.15, 0.2) is 30.3 Å². The van der Waals surface area contributed by atoms with E-state index in [4.69, 9.17) is 10.8 Å². The molecule has 0 radical (unpaired) electrons. The third-order valence-electron chi connectivity index (χ3n) is 12.1. The molecule has 2 heterocycles. The predicted molar refractivity (Wildman–Crippen MR) is 195 cm³/mol. The molecule has 4 fully saturated rings. The molecule has 278 valence electrons. The molecule has 2 saturated heterocycles. The Balaban J connectivity index is 1.10. The molecule has 9 nitrogen and oxygen atoms in total. The van der Waals surface area contributed by atoms with Crippen molar-refractivity contribution in [1.82, 2.24) is 25.8 Å². The topological polar surface area (TPSA) is 124 Å². The number of rotatable bonds is 14. The van der Waals surface area contributed by atoms with E-state index in [9.17, 15) is 18.4 Å². The van der Waals surface area contributed by atoms with Crippen molar-refractivity contribution in [2.75, 3.05) is 19.6 Å². The van der Waals surface area contributed by atoms with E-state index in [1.54, 1.807) is 6.92 Å². The van der Waals surface area contributed by atoms with Crippen LogP contribution in [-0.4, -0.2) is 83.0 Å². The van der Waals surface area contributed by atoms with Gasteiger partial charge in [-0.25, -0.2) is 8.78 Å². The molecule has 2 aliphatic carbocycles. The Bertz CT molecular complexity index is 1300. The van der Waals surface area contributed by atoms with E-state index in [2.05, 4.69) is 34.7 Å². The lowest BCUT2D eigenvalue weighted by molar-refractivity contribution is -0.130. The molecule has 0 aromatic heterocycles. The number of amidine groups is 2. The van der Waals surface area contributed by atoms with E-state index in [0.29, 0.717) is 48.8 Å². The Morgan fingerprint density at radius 1 is 1.02 bits per heavy atom. The first-order valence-electron chi connectivity index (χ1n) is 19.3. The van der Waals surface area contributed by atoms with Crippen molar-refractivity contribution < 1.29 is 18.4 Å². The number of nitrogens with zero attached hydrogens (tertiary/aromatic N) is 2. The normalized spacial score (nSPS) is 25.0. The summed E-state index contributed by atoms with van der Waals surface area (Å²) >= 11 is 0. The minimum absolute atomic E-state index is 0.0446. The number of alkyl halides is 2. The number of carbonyl (C=O) groups is 2. The third kappa shape index (κ3) is 10.1. The van der Waals surface area contributed by atoms with Crippen LogP contribution in [0.5, 0.6) is 0 Å². The summed E-state index contributed by atoms with van der Waals surface area (Å²) in [4.78, 5) is 30.3. The summed E-state index contributed by atoms with van der Waals surface area (Å²) in [5.41, 5.74) is 1.44. The average Bonchev–Trinajstić information content (AvgIpc) is 3.40. The van der Waals surface area contributed by atoms with Crippen LogP contribution in [-0.2, 0) is 9.59 Å². The molecule has 1 aromatic rings. The van der Waals surface area contributed by atoms with Gasteiger partial charge in [-0.2, -0.15) is 0 Å². The van der Waals surface area contributed by atoms with E-state index in [1.807, 2.05) is 35.2 Å². The summed E-state index contributed by atoms with van der Waals surface area (Å²) < 4.78 is 27.5. The number of piperidine rings is 1. The number of benzene rings is 1. The van der Waals surface area contributed by atoms with Crippen molar-refractivity contribution in [3.63, 3.8) is 0 Å². The van der Waals surface area contributed by atoms with E-state index in [-0.39, 0.29) is 67.6 Å². The number of amides is 2. The highest BCUT2D eigenvalue weighted by atomic mass is 19.3. The molecular weight excluding hydrogens is 636 g/mol. The molecule has 2 amide bonds. The van der Waals surface area contributed by atoms with Gasteiger partial charge in [0, 0.05) is 62.3 Å².